The molecular weight excluding hydrogens is 425 g/mol. The number of aromatic nitrogens is 2. The van der Waals surface area contributed by atoms with Crippen LogP contribution >= 0.6 is 0 Å². The van der Waals surface area contributed by atoms with Gasteiger partial charge in [-0.2, -0.15) is 18.3 Å². The Labute approximate surface area is 185 Å². The third-order valence-electron chi connectivity index (χ3n) is 6.13. The van der Waals surface area contributed by atoms with Crippen LogP contribution in [0.2, 0.25) is 0 Å². The van der Waals surface area contributed by atoms with Crippen LogP contribution in [-0.4, -0.2) is 58.5 Å². The molecule has 2 saturated heterocycles. The summed E-state index contributed by atoms with van der Waals surface area (Å²) >= 11 is 0. The van der Waals surface area contributed by atoms with Crippen LogP contribution in [-0.2, 0) is 11.3 Å². The second kappa shape index (κ2) is 9.48. The van der Waals surface area contributed by atoms with Gasteiger partial charge in [-0.1, -0.05) is 0 Å². The molecule has 1 unspecified atom stereocenters. The number of aliphatic carboxylic acids is 1. The molecule has 4 heterocycles. The number of aryl methyl sites for hydroxylation is 3. The number of piperidine rings is 1. The maximum atomic E-state index is 10.6. The van der Waals surface area contributed by atoms with Crippen molar-refractivity contribution in [2.45, 2.75) is 52.8 Å². The third kappa shape index (κ3) is 5.99. The fourth-order valence-corrected chi connectivity index (χ4v) is 4.41. The predicted octanol–water partition coefficient (Wildman–Crippen LogP) is 4.12. The molecule has 2 aliphatic rings. The lowest BCUT2D eigenvalue weighted by atomic mass is 9.79. The molecule has 0 aliphatic carbocycles. The van der Waals surface area contributed by atoms with Crippen LogP contribution in [0, 0.1) is 26.2 Å². The molecule has 2 aromatic heterocycles. The van der Waals surface area contributed by atoms with E-state index in [2.05, 4.69) is 45.1 Å². The highest BCUT2D eigenvalue weighted by Crippen LogP contribution is 2.40. The maximum Gasteiger partial charge on any atom is 0.490 e. The van der Waals surface area contributed by atoms with E-state index in [-0.39, 0.29) is 0 Å². The van der Waals surface area contributed by atoms with E-state index in [1.54, 1.807) is 0 Å². The van der Waals surface area contributed by atoms with Gasteiger partial charge in [-0.05, 0) is 70.3 Å². The van der Waals surface area contributed by atoms with E-state index in [1.807, 2.05) is 13.8 Å². The van der Waals surface area contributed by atoms with Crippen molar-refractivity contribution in [3.63, 3.8) is 0 Å². The molecule has 2 fully saturated rings. The van der Waals surface area contributed by atoms with Gasteiger partial charge in [-0.3, -0.25) is 4.90 Å². The topological polar surface area (TPSA) is 82.7 Å². The minimum Gasteiger partial charge on any atom is -0.475 e. The second-order valence-corrected chi connectivity index (χ2v) is 8.77. The van der Waals surface area contributed by atoms with Crippen molar-refractivity contribution < 1.29 is 27.5 Å². The summed E-state index contributed by atoms with van der Waals surface area (Å²) in [6.07, 6.45) is -1.26. The summed E-state index contributed by atoms with van der Waals surface area (Å²) in [5, 5.41) is 15.8. The van der Waals surface area contributed by atoms with E-state index in [4.69, 9.17) is 14.3 Å². The van der Waals surface area contributed by atoms with Crippen molar-refractivity contribution in [3.8, 4) is 0 Å². The van der Waals surface area contributed by atoms with Crippen molar-refractivity contribution in [3.05, 3.63) is 41.0 Å². The molecule has 7 nitrogen and oxygen atoms in total. The lowest BCUT2D eigenvalue weighted by Crippen LogP contribution is -2.45. The lowest BCUT2D eigenvalue weighted by Gasteiger charge is -2.41. The molecule has 2 aromatic rings. The maximum absolute atomic E-state index is 10.6. The number of carboxylic acids is 1. The van der Waals surface area contributed by atoms with Crippen LogP contribution in [0.1, 0.15) is 42.0 Å². The zero-order valence-electron chi connectivity index (χ0n) is 18.6. The van der Waals surface area contributed by atoms with E-state index in [0.717, 1.165) is 55.8 Å². The lowest BCUT2D eigenvalue weighted by molar-refractivity contribution is -0.192. The molecule has 0 radical (unpaired) electrons. The minimum atomic E-state index is -5.08. The Morgan fingerprint density at radius 1 is 1.16 bits per heavy atom. The number of carbonyl (C=O) groups is 1. The highest BCUT2D eigenvalue weighted by Gasteiger charge is 2.42. The summed E-state index contributed by atoms with van der Waals surface area (Å²) in [4.78, 5) is 13.9. The highest BCUT2D eigenvalue weighted by atomic mass is 19.4. The largest absolute Gasteiger partial charge is 0.490 e. The summed E-state index contributed by atoms with van der Waals surface area (Å²) in [7, 11) is 0. The predicted molar refractivity (Wildman–Crippen MR) is 112 cm³/mol. The molecule has 0 saturated carbocycles. The molecule has 0 aromatic carbocycles. The van der Waals surface area contributed by atoms with Gasteiger partial charge >= 0.3 is 12.1 Å². The van der Waals surface area contributed by atoms with E-state index >= 15 is 0 Å². The van der Waals surface area contributed by atoms with Crippen LogP contribution < -0.4 is 4.90 Å². The SMILES string of the molecule is Cc1ccc(N2CCCC3(CCN(Cc4cc(C)c(C)o4)C3)C2)nn1.O=C(O)C(F)(F)F. The number of hydrogen-bond donors (Lipinski definition) is 1. The highest BCUT2D eigenvalue weighted by molar-refractivity contribution is 5.73. The van der Waals surface area contributed by atoms with Crippen LogP contribution in [0.25, 0.3) is 0 Å². The van der Waals surface area contributed by atoms with Crippen LogP contribution in [0.4, 0.5) is 19.0 Å². The first-order valence-corrected chi connectivity index (χ1v) is 10.6. The summed E-state index contributed by atoms with van der Waals surface area (Å²) in [5.41, 5.74) is 2.62. The Morgan fingerprint density at radius 2 is 1.88 bits per heavy atom. The molecule has 176 valence electrons. The smallest absolute Gasteiger partial charge is 0.475 e. The third-order valence-corrected chi connectivity index (χ3v) is 6.13. The Balaban J connectivity index is 0.000000360. The van der Waals surface area contributed by atoms with Crippen LogP contribution in [0.3, 0.4) is 0 Å². The molecular formula is C22H29F3N4O3. The molecule has 2 aliphatic heterocycles. The van der Waals surface area contributed by atoms with Gasteiger partial charge in [-0.15, -0.1) is 5.10 Å². The molecule has 1 N–H and O–H groups in total. The number of halogens is 3. The Bertz CT molecular complexity index is 910. The zero-order chi connectivity index (χ0) is 23.5. The monoisotopic (exact) mass is 454 g/mol. The van der Waals surface area contributed by atoms with Crippen molar-refractivity contribution in [1.82, 2.24) is 15.1 Å². The Kier molecular flexibility index (Phi) is 7.12. The number of anilines is 1. The molecule has 4 rings (SSSR count). The fourth-order valence-electron chi connectivity index (χ4n) is 4.41. The van der Waals surface area contributed by atoms with Gasteiger partial charge in [0, 0.05) is 25.0 Å². The van der Waals surface area contributed by atoms with Crippen molar-refractivity contribution in [2.75, 3.05) is 31.1 Å². The summed E-state index contributed by atoms with van der Waals surface area (Å²) in [6.45, 7) is 11.6. The quantitative estimate of drug-likeness (QED) is 0.747. The standard InChI is InChI=1S/C20H28N4O.C2HF3O2/c1-15-11-18(25-17(15)3)12-23-10-8-20(13-23)7-4-9-24(14-20)19-6-5-16(2)21-22-19;3-2(4,5)1(6)7/h5-6,11H,4,7-10,12-14H2,1-3H3;(H,6,7). The van der Waals surface area contributed by atoms with Gasteiger partial charge in [0.2, 0.25) is 0 Å². The number of nitrogens with zero attached hydrogens (tertiary/aromatic N) is 4. The molecule has 1 spiro atoms. The average molecular weight is 454 g/mol. The van der Waals surface area contributed by atoms with Gasteiger partial charge in [0.1, 0.15) is 11.5 Å². The molecule has 1 atom stereocenters. The number of carboxylic acid groups (broad SMARTS) is 1. The second-order valence-electron chi connectivity index (χ2n) is 8.77. The van der Waals surface area contributed by atoms with E-state index in [0.29, 0.717) is 5.41 Å². The normalized spacial score (nSPS) is 21.5. The van der Waals surface area contributed by atoms with E-state index in [9.17, 15) is 13.2 Å². The Morgan fingerprint density at radius 3 is 2.44 bits per heavy atom. The van der Waals surface area contributed by atoms with Crippen LogP contribution in [0.5, 0.6) is 0 Å². The molecule has 0 amide bonds. The number of alkyl halides is 3. The fraction of sp³-hybridized carbons (Fsp3) is 0.591. The van der Waals surface area contributed by atoms with E-state index in [1.165, 1.54) is 24.8 Å². The minimum absolute atomic E-state index is 0.390. The number of likely N-dealkylation sites (tertiary alicyclic amines) is 1. The molecule has 10 heteroatoms. The van der Waals surface area contributed by atoms with Crippen molar-refractivity contribution in [2.24, 2.45) is 5.41 Å². The van der Waals surface area contributed by atoms with Gasteiger partial charge in [0.05, 0.1) is 12.2 Å². The first kappa shape index (κ1) is 24.0. The number of hydrogen-bond acceptors (Lipinski definition) is 6. The summed E-state index contributed by atoms with van der Waals surface area (Å²) in [5.74, 6) is 0.419. The molecule has 32 heavy (non-hydrogen) atoms. The molecule has 0 bridgehead atoms. The van der Waals surface area contributed by atoms with E-state index < -0.39 is 12.1 Å². The number of furan rings is 1. The summed E-state index contributed by atoms with van der Waals surface area (Å²) < 4.78 is 37.6. The van der Waals surface area contributed by atoms with Gasteiger partial charge in [0.15, 0.2) is 5.82 Å². The Hall–Kier alpha value is -2.62. The van der Waals surface area contributed by atoms with Crippen molar-refractivity contribution >= 4 is 11.8 Å². The zero-order valence-corrected chi connectivity index (χ0v) is 18.6. The van der Waals surface area contributed by atoms with Gasteiger partial charge < -0.3 is 14.4 Å². The van der Waals surface area contributed by atoms with Gasteiger partial charge in [-0.25, -0.2) is 4.79 Å². The first-order chi connectivity index (χ1) is 15.0. The first-order valence-electron chi connectivity index (χ1n) is 10.6. The van der Waals surface area contributed by atoms with Gasteiger partial charge in [0.25, 0.3) is 0 Å². The number of rotatable bonds is 3. The summed E-state index contributed by atoms with van der Waals surface area (Å²) in [6, 6.07) is 6.37. The van der Waals surface area contributed by atoms with Crippen LogP contribution in [0.15, 0.2) is 22.6 Å². The van der Waals surface area contributed by atoms with Crippen molar-refractivity contribution in [1.29, 1.82) is 0 Å². The average Bonchev–Trinajstić information content (AvgIpc) is 3.24.